The minimum absolute atomic E-state index is 0.00656. The summed E-state index contributed by atoms with van der Waals surface area (Å²) in [5, 5.41) is 10.1. The zero-order valence-corrected chi connectivity index (χ0v) is 30.1. The van der Waals surface area contributed by atoms with Crippen molar-refractivity contribution >= 4 is 29.1 Å². The fourth-order valence-corrected chi connectivity index (χ4v) is 7.99. The second kappa shape index (κ2) is 15.9. The van der Waals surface area contributed by atoms with Crippen LogP contribution in [0.4, 0.5) is 26.3 Å². The molecular formula is C37H41F6N3O6S. The molecule has 16 heteroatoms. The van der Waals surface area contributed by atoms with Crippen LogP contribution in [0.3, 0.4) is 0 Å². The molecule has 2 saturated heterocycles. The van der Waals surface area contributed by atoms with E-state index in [-0.39, 0.29) is 57.7 Å². The molecule has 2 aliphatic rings. The van der Waals surface area contributed by atoms with Crippen molar-refractivity contribution in [3.05, 3.63) is 75.7 Å². The van der Waals surface area contributed by atoms with Crippen LogP contribution in [0.25, 0.3) is 0 Å². The van der Waals surface area contributed by atoms with Crippen LogP contribution in [0, 0.1) is 0 Å². The third kappa shape index (κ3) is 8.73. The van der Waals surface area contributed by atoms with E-state index in [4.69, 9.17) is 14.6 Å². The number of halogens is 6. The van der Waals surface area contributed by atoms with Crippen molar-refractivity contribution in [3.8, 4) is 11.5 Å². The molecule has 288 valence electrons. The molecule has 0 spiro atoms. The molecule has 2 aliphatic heterocycles. The molecule has 2 aromatic heterocycles. The summed E-state index contributed by atoms with van der Waals surface area (Å²) < 4.78 is 95.4. The fraction of sp³-hybridized carbons (Fsp3) is 0.514. The molecule has 2 amide bonds. The van der Waals surface area contributed by atoms with E-state index in [1.165, 1.54) is 4.90 Å². The first-order valence-electron chi connectivity index (χ1n) is 17.4. The van der Waals surface area contributed by atoms with Gasteiger partial charge in [-0.3, -0.25) is 19.4 Å². The lowest BCUT2D eigenvalue weighted by molar-refractivity contribution is -0.161. The number of benzene rings is 1. The molecule has 1 N–H and O–H groups in total. The third-order valence-electron chi connectivity index (χ3n) is 10.0. The minimum atomic E-state index is -4.90. The van der Waals surface area contributed by atoms with E-state index in [0.717, 1.165) is 35.3 Å². The predicted octanol–water partition coefficient (Wildman–Crippen LogP) is 8.23. The predicted molar refractivity (Wildman–Crippen MR) is 183 cm³/mol. The van der Waals surface area contributed by atoms with Crippen LogP contribution in [-0.2, 0) is 27.4 Å². The van der Waals surface area contributed by atoms with Crippen LogP contribution in [0.1, 0.15) is 91.7 Å². The van der Waals surface area contributed by atoms with Gasteiger partial charge >= 0.3 is 18.3 Å². The highest BCUT2D eigenvalue weighted by atomic mass is 32.1. The van der Waals surface area contributed by atoms with Gasteiger partial charge in [-0.1, -0.05) is 38.5 Å². The van der Waals surface area contributed by atoms with Crippen LogP contribution in [0.15, 0.2) is 54.0 Å². The van der Waals surface area contributed by atoms with Gasteiger partial charge in [-0.15, -0.1) is 11.3 Å². The van der Waals surface area contributed by atoms with Gasteiger partial charge in [-0.25, -0.2) is 0 Å². The number of hydrogen-bond donors (Lipinski definition) is 1. The molecule has 4 heterocycles. The number of ether oxygens (including phenoxy) is 2. The number of para-hydroxylation sites is 1. The van der Waals surface area contributed by atoms with E-state index < -0.39 is 63.3 Å². The molecule has 9 nitrogen and oxygen atoms in total. The van der Waals surface area contributed by atoms with Crippen LogP contribution < -0.4 is 9.47 Å². The number of aromatic nitrogens is 1. The normalized spacial score (nSPS) is 20.6. The second-order valence-electron chi connectivity index (χ2n) is 13.6. The quantitative estimate of drug-likeness (QED) is 0.146. The number of aliphatic carboxylic acids is 1. The molecule has 0 radical (unpaired) electrons. The Morgan fingerprint density at radius 2 is 1.72 bits per heavy atom. The first-order valence-corrected chi connectivity index (χ1v) is 18.3. The summed E-state index contributed by atoms with van der Waals surface area (Å²) in [4.78, 5) is 45.5. The second-order valence-corrected chi connectivity index (χ2v) is 14.5. The van der Waals surface area contributed by atoms with Crippen molar-refractivity contribution in [2.75, 3.05) is 26.2 Å². The van der Waals surface area contributed by atoms with Crippen LogP contribution in [0.5, 0.6) is 11.5 Å². The molecule has 2 fully saturated rings. The molecule has 0 saturated carbocycles. The Labute approximate surface area is 306 Å². The summed E-state index contributed by atoms with van der Waals surface area (Å²) in [7, 11) is 0. The van der Waals surface area contributed by atoms with Gasteiger partial charge in [0.25, 0.3) is 11.8 Å². The number of carboxylic acid groups (broad SMARTS) is 1. The zero-order valence-electron chi connectivity index (χ0n) is 29.3. The molecule has 0 aliphatic carbocycles. The number of piperidine rings is 2. The summed E-state index contributed by atoms with van der Waals surface area (Å²) in [6.45, 7) is 4.38. The maximum absolute atomic E-state index is 14.9. The van der Waals surface area contributed by atoms with E-state index in [9.17, 15) is 40.7 Å². The number of alkyl halides is 6. The Morgan fingerprint density at radius 3 is 2.36 bits per heavy atom. The Hall–Kier alpha value is -4.34. The van der Waals surface area contributed by atoms with E-state index in [1.54, 1.807) is 24.0 Å². The first kappa shape index (κ1) is 39.9. The largest absolute Gasteiger partial charge is 0.493 e. The maximum atomic E-state index is 14.9. The topological polar surface area (TPSA) is 109 Å². The molecule has 53 heavy (non-hydrogen) atoms. The molecular weight excluding hydrogens is 728 g/mol. The van der Waals surface area contributed by atoms with Gasteiger partial charge in [-0.2, -0.15) is 26.3 Å². The number of hydrogen-bond acceptors (Lipinski definition) is 7. The Balaban J connectivity index is 1.48. The average molecular weight is 770 g/mol. The number of carboxylic acids is 1. The lowest BCUT2D eigenvalue weighted by Gasteiger charge is -2.51. The van der Waals surface area contributed by atoms with Crippen molar-refractivity contribution in [2.45, 2.75) is 94.6 Å². The standard InChI is InChI=1S/C37H41F6N3O6S/c1-3-9-28-35(52-24-22-29(53-23-24)37(41,42)43,14-8-18-46(28)32(49)31-26(36(38,39)40)11-6-17-44-31)33(50)45-19-15-34(2,16-20-45)25-10-4-5-12-27(25)51-21-7-13-30(47)48/h4-6,10-12,17,22-23,28H,3,7-9,13-16,18-21H2,1-2H3,(H,47,48)/t28-,35+/m1/s1. The summed E-state index contributed by atoms with van der Waals surface area (Å²) >= 11 is 0.390. The minimum Gasteiger partial charge on any atom is -0.493 e. The van der Waals surface area contributed by atoms with Crippen molar-refractivity contribution in [1.82, 2.24) is 14.8 Å². The lowest BCUT2D eigenvalue weighted by atomic mass is 9.73. The number of pyridine rings is 1. The Kier molecular flexibility index (Phi) is 12.0. The van der Waals surface area contributed by atoms with Gasteiger partial charge in [0.2, 0.25) is 5.60 Å². The summed E-state index contributed by atoms with van der Waals surface area (Å²) in [6.07, 6.45) is -6.72. The van der Waals surface area contributed by atoms with E-state index in [1.807, 2.05) is 19.1 Å². The summed E-state index contributed by atoms with van der Waals surface area (Å²) in [5.74, 6) is -2.18. The highest BCUT2D eigenvalue weighted by Gasteiger charge is 2.56. The molecule has 1 aromatic carbocycles. The summed E-state index contributed by atoms with van der Waals surface area (Å²) in [6, 6.07) is 8.86. The third-order valence-corrected chi connectivity index (χ3v) is 11.0. The first-order chi connectivity index (χ1) is 25.0. The number of likely N-dealkylation sites (tertiary alicyclic amines) is 2. The summed E-state index contributed by atoms with van der Waals surface area (Å²) in [5.41, 5.74) is -3.59. The van der Waals surface area contributed by atoms with Crippen molar-refractivity contribution < 1.29 is 55.3 Å². The van der Waals surface area contributed by atoms with E-state index in [2.05, 4.69) is 4.98 Å². The van der Waals surface area contributed by atoms with Crippen molar-refractivity contribution in [1.29, 1.82) is 0 Å². The maximum Gasteiger partial charge on any atom is 0.425 e. The smallest absolute Gasteiger partial charge is 0.425 e. The van der Waals surface area contributed by atoms with Gasteiger partial charge in [0, 0.05) is 55.7 Å². The van der Waals surface area contributed by atoms with Crippen molar-refractivity contribution in [3.63, 3.8) is 0 Å². The molecule has 5 rings (SSSR count). The number of carbonyl (C=O) groups is 3. The van der Waals surface area contributed by atoms with Gasteiger partial charge < -0.3 is 24.4 Å². The average Bonchev–Trinajstić information content (AvgIpc) is 3.60. The van der Waals surface area contributed by atoms with E-state index >= 15 is 0 Å². The van der Waals surface area contributed by atoms with Crippen LogP contribution in [-0.4, -0.2) is 75.6 Å². The SMILES string of the molecule is CCC[C@H]1N(C(=O)c2ncccc2C(F)(F)F)CCC[C@@]1(Oc1csc(C(F)(F)F)c1)C(=O)N1CCC(C)(c2ccccc2OCCCC(=O)O)CC1. The molecule has 0 bridgehead atoms. The zero-order chi connectivity index (χ0) is 38.6. The number of nitrogens with zero attached hydrogens (tertiary/aromatic N) is 3. The monoisotopic (exact) mass is 769 g/mol. The highest BCUT2D eigenvalue weighted by Crippen LogP contribution is 2.45. The Morgan fingerprint density at radius 1 is 1.00 bits per heavy atom. The van der Waals surface area contributed by atoms with Gasteiger partial charge in [-0.05, 0) is 55.7 Å². The lowest BCUT2D eigenvalue weighted by Crippen LogP contribution is -2.68. The van der Waals surface area contributed by atoms with Gasteiger partial charge in [0.1, 0.15) is 22.1 Å². The number of thiophene rings is 1. The molecule has 2 atom stereocenters. The Bertz CT molecular complexity index is 1770. The molecule has 0 unspecified atom stereocenters. The van der Waals surface area contributed by atoms with E-state index in [0.29, 0.717) is 42.8 Å². The number of carbonyl (C=O) groups excluding carboxylic acids is 2. The van der Waals surface area contributed by atoms with Crippen molar-refractivity contribution in [2.24, 2.45) is 0 Å². The fourth-order valence-electron chi connectivity index (χ4n) is 7.31. The van der Waals surface area contributed by atoms with Crippen LogP contribution >= 0.6 is 11.3 Å². The van der Waals surface area contributed by atoms with Gasteiger partial charge in [0.05, 0.1) is 18.2 Å². The van der Waals surface area contributed by atoms with Gasteiger partial charge in [0.15, 0.2) is 0 Å². The molecule has 3 aromatic rings. The number of rotatable bonds is 12. The van der Waals surface area contributed by atoms with Crippen LogP contribution in [0.2, 0.25) is 0 Å². The number of amides is 2. The highest BCUT2D eigenvalue weighted by molar-refractivity contribution is 7.10.